The van der Waals surface area contributed by atoms with E-state index in [0.717, 1.165) is 18.2 Å². The summed E-state index contributed by atoms with van der Waals surface area (Å²) in [4.78, 5) is 0. The van der Waals surface area contributed by atoms with E-state index in [4.69, 9.17) is 3.88 Å². The molecule has 1 heterocycles. The van der Waals surface area contributed by atoms with Gasteiger partial charge in [0.1, 0.15) is 0 Å². The summed E-state index contributed by atoms with van der Waals surface area (Å²) in [6, 6.07) is 0. The summed E-state index contributed by atoms with van der Waals surface area (Å²) in [5.41, 5.74) is 0. The molecule has 0 bridgehead atoms. The van der Waals surface area contributed by atoms with Crippen molar-refractivity contribution in [3.8, 4) is 0 Å². The molecule has 7 heavy (non-hydrogen) atoms. The van der Waals surface area contributed by atoms with Crippen molar-refractivity contribution < 1.29 is 21.4 Å². The Labute approximate surface area is 47.0 Å². The quantitative estimate of drug-likeness (QED) is 0.479. The average Bonchev–Trinajstić information content (AvgIpc) is 1.69. The maximum absolute atomic E-state index is 10.4. The molecule has 0 amide bonds. The van der Waals surface area contributed by atoms with Crippen molar-refractivity contribution in [1.29, 1.82) is 0 Å². The standard InChI is InChI=1S/C4H8O.Ni.O/c1-2-3-4-5;;/h1-4H2;;/q-1;+1;. The van der Waals surface area contributed by atoms with Gasteiger partial charge in [-0.25, -0.2) is 0 Å². The zero-order chi connectivity index (χ0) is 5.11. The molecule has 0 atom stereocenters. The van der Waals surface area contributed by atoms with Crippen molar-refractivity contribution in [2.45, 2.75) is 18.2 Å². The summed E-state index contributed by atoms with van der Waals surface area (Å²) in [5.74, 6) is 0. The Bertz CT molecular complexity index is 73.8. The van der Waals surface area contributed by atoms with E-state index in [0.29, 0.717) is 6.61 Å². The van der Waals surface area contributed by atoms with Gasteiger partial charge in [-0.3, -0.25) is 0 Å². The van der Waals surface area contributed by atoms with Crippen LogP contribution in [0.2, 0.25) is 5.39 Å². The monoisotopic (exact) mass is 146 g/mol. The summed E-state index contributed by atoms with van der Waals surface area (Å²) in [7, 11) is 0. The minimum atomic E-state index is -1.05. The van der Waals surface area contributed by atoms with Crippen LogP contribution >= 0.6 is 0 Å². The zero-order valence-electron chi connectivity index (χ0n) is 3.96. The first-order valence-electron chi connectivity index (χ1n) is 2.27. The van der Waals surface area contributed by atoms with E-state index in [1.807, 2.05) is 0 Å². The number of hydrogen-bond acceptors (Lipinski definition) is 2. The van der Waals surface area contributed by atoms with Crippen molar-refractivity contribution in [2.75, 3.05) is 6.61 Å². The zero-order valence-corrected chi connectivity index (χ0v) is 4.95. The summed E-state index contributed by atoms with van der Waals surface area (Å²) < 4.78 is 15.1. The van der Waals surface area contributed by atoms with Gasteiger partial charge in [-0.15, -0.1) is 0 Å². The van der Waals surface area contributed by atoms with E-state index in [9.17, 15) is 3.90 Å². The van der Waals surface area contributed by atoms with Crippen LogP contribution in [-0.4, -0.2) is 6.61 Å². The second-order valence-electron chi connectivity index (χ2n) is 1.40. The van der Waals surface area contributed by atoms with Gasteiger partial charge in [0, 0.05) is 0 Å². The molecule has 1 rings (SSSR count). The van der Waals surface area contributed by atoms with Crippen molar-refractivity contribution in [2.24, 2.45) is 0 Å². The van der Waals surface area contributed by atoms with Crippen molar-refractivity contribution >= 4 is 0 Å². The Hall–Kier alpha value is 0.254. The van der Waals surface area contributed by atoms with Crippen molar-refractivity contribution in [3.05, 3.63) is 0 Å². The third-order valence-electron chi connectivity index (χ3n) is 0.802. The molecule has 0 spiro atoms. The first-order chi connectivity index (χ1) is 3.39. The first-order valence-corrected chi connectivity index (χ1v) is 3.78. The molecule has 1 aliphatic rings. The van der Waals surface area contributed by atoms with Crippen LogP contribution < -0.4 is 0 Å². The topological polar surface area (TPSA) is 26.3 Å². The van der Waals surface area contributed by atoms with E-state index in [2.05, 4.69) is 0 Å². The van der Waals surface area contributed by atoms with Gasteiger partial charge in [0.15, 0.2) is 0 Å². The van der Waals surface area contributed by atoms with E-state index < -0.39 is 13.7 Å². The van der Waals surface area contributed by atoms with Crippen LogP contribution in [0, 0.1) is 0 Å². The number of hydrogen-bond donors (Lipinski definition) is 0. The Morgan fingerprint density at radius 3 is 2.57 bits per heavy atom. The van der Waals surface area contributed by atoms with Gasteiger partial charge in [0.05, 0.1) is 0 Å². The molecule has 0 unspecified atom stereocenters. The van der Waals surface area contributed by atoms with Crippen molar-refractivity contribution in [1.82, 2.24) is 0 Å². The van der Waals surface area contributed by atoms with Gasteiger partial charge in [-0.2, -0.15) is 0 Å². The molecule has 0 aromatic heterocycles. The molecule has 0 N–H and O–H groups in total. The Balaban J connectivity index is 2.25. The van der Waals surface area contributed by atoms with Crippen LogP contribution in [0.25, 0.3) is 0 Å². The summed E-state index contributed by atoms with van der Waals surface area (Å²) in [6.45, 7) is 0.693. The maximum atomic E-state index is 10.4. The predicted octanol–water partition coefficient (Wildman–Crippen LogP) is 1.09. The molecule has 1 aliphatic heterocycles. The molecule has 0 aliphatic carbocycles. The molecule has 2 nitrogen and oxygen atoms in total. The van der Waals surface area contributed by atoms with Crippen LogP contribution in [0.3, 0.4) is 0 Å². The van der Waals surface area contributed by atoms with Crippen LogP contribution in [0.1, 0.15) is 12.8 Å². The second kappa shape index (κ2) is 2.53. The fourth-order valence-electron chi connectivity index (χ4n) is 0.436. The fraction of sp³-hybridized carbons (Fsp3) is 1.00. The molecule has 46 valence electrons. The first kappa shape index (κ1) is 5.39. The summed E-state index contributed by atoms with van der Waals surface area (Å²) in [5, 5.41) is 0.750. The predicted molar refractivity (Wildman–Crippen MR) is 20.7 cm³/mol. The van der Waals surface area contributed by atoms with E-state index in [-0.39, 0.29) is 0 Å². The third kappa shape index (κ3) is 1.66. The minimum absolute atomic E-state index is 0.693. The molecule has 1 fully saturated rings. The average molecular weight is 147 g/mol. The molecule has 0 radical (unpaired) electrons. The van der Waals surface area contributed by atoms with Crippen LogP contribution in [0.5, 0.6) is 0 Å². The molecular formula is C4H8NiO2. The van der Waals surface area contributed by atoms with Crippen LogP contribution in [0.4, 0.5) is 0 Å². The van der Waals surface area contributed by atoms with Crippen LogP contribution in [-0.2, 0) is 21.4 Å². The van der Waals surface area contributed by atoms with E-state index in [1.54, 1.807) is 0 Å². The van der Waals surface area contributed by atoms with Crippen LogP contribution in [0.15, 0.2) is 0 Å². The molecule has 0 aromatic carbocycles. The second-order valence-corrected chi connectivity index (χ2v) is 2.91. The van der Waals surface area contributed by atoms with Gasteiger partial charge >= 0.3 is 46.3 Å². The molecule has 0 saturated carbocycles. The molecule has 1 saturated heterocycles. The third-order valence-corrected chi connectivity index (χ3v) is 2.07. The Morgan fingerprint density at radius 1 is 1.43 bits per heavy atom. The van der Waals surface area contributed by atoms with Gasteiger partial charge in [-0.05, 0) is 0 Å². The normalized spacial score (nSPS) is 27.7. The van der Waals surface area contributed by atoms with E-state index >= 15 is 0 Å². The molecular weight excluding hydrogens is 139 g/mol. The van der Waals surface area contributed by atoms with Crippen molar-refractivity contribution in [3.63, 3.8) is 0 Å². The Morgan fingerprint density at radius 2 is 2.29 bits per heavy atom. The van der Waals surface area contributed by atoms with Gasteiger partial charge < -0.3 is 0 Å². The Kier molecular flexibility index (Phi) is 1.95. The summed E-state index contributed by atoms with van der Waals surface area (Å²) >= 11 is -1.05. The SMILES string of the molecule is [O]=[Ni]1[CH2]CCC[O]1. The van der Waals surface area contributed by atoms with Gasteiger partial charge in [0.25, 0.3) is 0 Å². The number of rotatable bonds is 0. The van der Waals surface area contributed by atoms with Gasteiger partial charge in [-0.1, -0.05) is 0 Å². The summed E-state index contributed by atoms with van der Waals surface area (Å²) in [6.07, 6.45) is 2.15. The molecule has 0 aromatic rings. The fourth-order valence-corrected chi connectivity index (χ4v) is 1.48. The van der Waals surface area contributed by atoms with Gasteiger partial charge in [0.2, 0.25) is 0 Å². The molecule has 3 heteroatoms. The van der Waals surface area contributed by atoms with E-state index in [1.165, 1.54) is 0 Å².